The van der Waals surface area contributed by atoms with Crippen molar-refractivity contribution in [1.82, 2.24) is 4.98 Å². The van der Waals surface area contributed by atoms with Crippen molar-refractivity contribution in [2.24, 2.45) is 5.92 Å². The monoisotopic (exact) mass is 273 g/mol. The lowest BCUT2D eigenvalue weighted by Gasteiger charge is -2.20. The summed E-state index contributed by atoms with van der Waals surface area (Å²) in [6, 6.07) is 4.15. The lowest BCUT2D eigenvalue weighted by Crippen LogP contribution is -2.23. The van der Waals surface area contributed by atoms with E-state index in [1.54, 1.807) is 0 Å². The Morgan fingerprint density at radius 3 is 3.00 bits per heavy atom. The van der Waals surface area contributed by atoms with E-state index in [1.165, 1.54) is 0 Å². The Balaban J connectivity index is 2.14. The van der Waals surface area contributed by atoms with Gasteiger partial charge in [0, 0.05) is 25.2 Å². The molecule has 0 bridgehead atoms. The molecule has 2 heterocycles. The SMILES string of the molecule is Cc1cc(C)c(C#N)c(N2CCC(CCC(=O)O)C2)n1. The molecule has 2 rings (SSSR count). The predicted molar refractivity (Wildman–Crippen MR) is 75.6 cm³/mol. The molecule has 1 aromatic rings. The molecule has 0 saturated carbocycles. The van der Waals surface area contributed by atoms with E-state index in [0.717, 1.165) is 36.6 Å². The van der Waals surface area contributed by atoms with E-state index in [1.807, 2.05) is 19.9 Å². The molecular weight excluding hydrogens is 254 g/mol. The summed E-state index contributed by atoms with van der Waals surface area (Å²) in [4.78, 5) is 17.2. The highest BCUT2D eigenvalue weighted by Crippen LogP contribution is 2.29. The van der Waals surface area contributed by atoms with Gasteiger partial charge >= 0.3 is 5.97 Å². The number of aromatic nitrogens is 1. The quantitative estimate of drug-likeness (QED) is 0.910. The van der Waals surface area contributed by atoms with Crippen LogP contribution in [0.25, 0.3) is 0 Å². The highest BCUT2D eigenvalue weighted by molar-refractivity contribution is 5.66. The number of carboxylic acid groups (broad SMARTS) is 1. The fourth-order valence-electron chi connectivity index (χ4n) is 2.77. The molecule has 1 fully saturated rings. The molecule has 20 heavy (non-hydrogen) atoms. The van der Waals surface area contributed by atoms with E-state index in [4.69, 9.17) is 5.11 Å². The lowest BCUT2D eigenvalue weighted by molar-refractivity contribution is -0.137. The Kier molecular flexibility index (Phi) is 4.23. The van der Waals surface area contributed by atoms with Crippen LogP contribution in [-0.4, -0.2) is 29.1 Å². The summed E-state index contributed by atoms with van der Waals surface area (Å²) < 4.78 is 0. The van der Waals surface area contributed by atoms with Gasteiger partial charge in [-0.05, 0) is 44.2 Å². The van der Waals surface area contributed by atoms with E-state index in [0.29, 0.717) is 17.9 Å². The van der Waals surface area contributed by atoms with Crippen molar-refractivity contribution in [2.75, 3.05) is 18.0 Å². The van der Waals surface area contributed by atoms with Crippen LogP contribution in [0.1, 0.15) is 36.1 Å². The number of aryl methyl sites for hydroxylation is 2. The van der Waals surface area contributed by atoms with Crippen LogP contribution in [0.2, 0.25) is 0 Å². The minimum Gasteiger partial charge on any atom is -0.481 e. The molecule has 1 saturated heterocycles. The Labute approximate surface area is 118 Å². The van der Waals surface area contributed by atoms with Crippen LogP contribution in [-0.2, 0) is 4.79 Å². The summed E-state index contributed by atoms with van der Waals surface area (Å²) in [7, 11) is 0. The summed E-state index contributed by atoms with van der Waals surface area (Å²) in [6.07, 6.45) is 1.87. The molecule has 1 unspecified atom stereocenters. The fourth-order valence-corrected chi connectivity index (χ4v) is 2.77. The predicted octanol–water partition coefficient (Wildman–Crippen LogP) is 2.26. The van der Waals surface area contributed by atoms with E-state index in [-0.39, 0.29) is 6.42 Å². The molecule has 5 nitrogen and oxygen atoms in total. The Morgan fingerprint density at radius 1 is 1.60 bits per heavy atom. The first kappa shape index (κ1) is 14.3. The van der Waals surface area contributed by atoms with Crippen LogP contribution in [0.15, 0.2) is 6.07 Å². The number of aliphatic carboxylic acids is 1. The number of carboxylic acids is 1. The summed E-state index contributed by atoms with van der Waals surface area (Å²) in [5, 5.41) is 18.0. The molecule has 1 aliphatic heterocycles. The van der Waals surface area contributed by atoms with Gasteiger partial charge in [-0.3, -0.25) is 4.79 Å². The largest absolute Gasteiger partial charge is 0.481 e. The van der Waals surface area contributed by atoms with Crippen LogP contribution in [0.3, 0.4) is 0 Å². The van der Waals surface area contributed by atoms with Gasteiger partial charge in [0.05, 0.1) is 5.56 Å². The first-order valence-electron chi connectivity index (χ1n) is 6.86. The fraction of sp³-hybridized carbons (Fsp3) is 0.533. The molecule has 106 valence electrons. The zero-order chi connectivity index (χ0) is 14.7. The van der Waals surface area contributed by atoms with E-state index in [2.05, 4.69) is 16.0 Å². The third-order valence-corrected chi connectivity index (χ3v) is 3.79. The minimum absolute atomic E-state index is 0.212. The van der Waals surface area contributed by atoms with Gasteiger partial charge in [0.2, 0.25) is 0 Å². The van der Waals surface area contributed by atoms with Crippen molar-refractivity contribution < 1.29 is 9.90 Å². The van der Waals surface area contributed by atoms with Crippen LogP contribution in [0.4, 0.5) is 5.82 Å². The topological polar surface area (TPSA) is 77.2 Å². The average Bonchev–Trinajstić information content (AvgIpc) is 2.84. The summed E-state index contributed by atoms with van der Waals surface area (Å²) >= 11 is 0. The number of hydrogen-bond donors (Lipinski definition) is 1. The number of anilines is 1. The second kappa shape index (κ2) is 5.91. The number of nitriles is 1. The number of carbonyl (C=O) groups is 1. The van der Waals surface area contributed by atoms with E-state index < -0.39 is 5.97 Å². The van der Waals surface area contributed by atoms with Gasteiger partial charge in [-0.15, -0.1) is 0 Å². The number of hydrogen-bond acceptors (Lipinski definition) is 4. The standard InChI is InChI=1S/C15H19N3O2/c1-10-7-11(2)17-15(13(10)8-16)18-6-5-12(9-18)3-4-14(19)20/h7,12H,3-6,9H2,1-2H3,(H,19,20). The van der Waals surface area contributed by atoms with E-state index >= 15 is 0 Å². The van der Waals surface area contributed by atoms with Gasteiger partial charge in [-0.2, -0.15) is 5.26 Å². The molecule has 5 heteroatoms. The lowest BCUT2D eigenvalue weighted by atomic mass is 10.0. The summed E-state index contributed by atoms with van der Waals surface area (Å²) in [5.41, 5.74) is 2.49. The van der Waals surface area contributed by atoms with Crippen molar-refractivity contribution >= 4 is 11.8 Å². The maximum Gasteiger partial charge on any atom is 0.303 e. The van der Waals surface area contributed by atoms with Gasteiger partial charge in [-0.25, -0.2) is 4.98 Å². The van der Waals surface area contributed by atoms with Crippen molar-refractivity contribution in [3.8, 4) is 6.07 Å². The number of nitrogens with zero attached hydrogens (tertiary/aromatic N) is 3. The highest BCUT2D eigenvalue weighted by Gasteiger charge is 2.26. The van der Waals surface area contributed by atoms with Gasteiger partial charge in [0.1, 0.15) is 11.9 Å². The third-order valence-electron chi connectivity index (χ3n) is 3.79. The second-order valence-electron chi connectivity index (χ2n) is 5.42. The number of pyridine rings is 1. The Bertz CT molecular complexity index is 563. The molecule has 0 aliphatic carbocycles. The third kappa shape index (κ3) is 3.08. The molecular formula is C15H19N3O2. The molecule has 0 radical (unpaired) electrons. The molecule has 0 amide bonds. The normalized spacial score (nSPS) is 18.1. The smallest absolute Gasteiger partial charge is 0.303 e. The summed E-state index contributed by atoms with van der Waals surface area (Å²) in [6.45, 7) is 5.48. The van der Waals surface area contributed by atoms with Crippen LogP contribution in [0, 0.1) is 31.1 Å². The first-order chi connectivity index (χ1) is 9.51. The van der Waals surface area contributed by atoms with Crippen molar-refractivity contribution in [3.63, 3.8) is 0 Å². The van der Waals surface area contributed by atoms with Gasteiger partial charge in [0.15, 0.2) is 0 Å². The van der Waals surface area contributed by atoms with Crippen LogP contribution >= 0.6 is 0 Å². The van der Waals surface area contributed by atoms with Gasteiger partial charge < -0.3 is 10.0 Å². The zero-order valence-electron chi connectivity index (χ0n) is 11.9. The van der Waals surface area contributed by atoms with Crippen LogP contribution < -0.4 is 4.90 Å². The van der Waals surface area contributed by atoms with E-state index in [9.17, 15) is 10.1 Å². The highest BCUT2D eigenvalue weighted by atomic mass is 16.4. The number of rotatable bonds is 4. The molecule has 1 aromatic heterocycles. The molecule has 0 aromatic carbocycles. The first-order valence-corrected chi connectivity index (χ1v) is 6.86. The second-order valence-corrected chi connectivity index (χ2v) is 5.42. The zero-order valence-corrected chi connectivity index (χ0v) is 11.9. The van der Waals surface area contributed by atoms with Crippen LogP contribution in [0.5, 0.6) is 0 Å². The maximum atomic E-state index is 10.6. The van der Waals surface area contributed by atoms with Gasteiger partial charge in [-0.1, -0.05) is 0 Å². The maximum absolute atomic E-state index is 10.6. The average molecular weight is 273 g/mol. The van der Waals surface area contributed by atoms with Crippen molar-refractivity contribution in [1.29, 1.82) is 5.26 Å². The molecule has 1 N–H and O–H groups in total. The molecule has 1 aliphatic rings. The minimum atomic E-state index is -0.745. The Morgan fingerprint density at radius 2 is 2.35 bits per heavy atom. The van der Waals surface area contributed by atoms with Gasteiger partial charge in [0.25, 0.3) is 0 Å². The van der Waals surface area contributed by atoms with Crippen molar-refractivity contribution in [3.05, 3.63) is 22.9 Å². The van der Waals surface area contributed by atoms with Crippen molar-refractivity contribution in [2.45, 2.75) is 33.1 Å². The molecule has 0 spiro atoms. The summed E-state index contributed by atoms with van der Waals surface area (Å²) in [5.74, 6) is 0.383. The Hall–Kier alpha value is -2.09. The molecule has 1 atom stereocenters.